The van der Waals surface area contributed by atoms with Gasteiger partial charge in [-0.3, -0.25) is 9.36 Å². The number of nitrogens with zero attached hydrogens (tertiary/aromatic N) is 3. The first-order chi connectivity index (χ1) is 17.7. The van der Waals surface area contributed by atoms with Gasteiger partial charge in [-0.1, -0.05) is 100 Å². The van der Waals surface area contributed by atoms with E-state index in [0.29, 0.717) is 12.3 Å². The summed E-state index contributed by atoms with van der Waals surface area (Å²) in [4.78, 5) is 18.9. The minimum atomic E-state index is -0.229. The molecule has 1 aliphatic rings. The Morgan fingerprint density at radius 1 is 0.946 bits per heavy atom. The zero-order valence-corrected chi connectivity index (χ0v) is 21.3. The average Bonchev–Trinajstić information content (AvgIpc) is 2.94. The fourth-order valence-electron chi connectivity index (χ4n) is 5.23. The van der Waals surface area contributed by atoms with Gasteiger partial charge in [0.2, 0.25) is 0 Å². The fraction of sp³-hybridized carbons (Fsp3) is 0.303. The van der Waals surface area contributed by atoms with Crippen molar-refractivity contribution in [3.05, 3.63) is 135 Å². The van der Waals surface area contributed by atoms with E-state index in [4.69, 9.17) is 4.98 Å². The molecule has 0 N–H and O–H groups in total. The van der Waals surface area contributed by atoms with E-state index in [2.05, 4.69) is 30.3 Å². The van der Waals surface area contributed by atoms with Crippen LogP contribution in [0.5, 0.6) is 0 Å². The molecular weight excluding hydrogens is 454 g/mol. The van der Waals surface area contributed by atoms with Gasteiger partial charge in [-0.25, -0.2) is 4.98 Å². The van der Waals surface area contributed by atoms with E-state index in [1.807, 2.05) is 86.0 Å². The third kappa shape index (κ3) is 5.89. The second-order valence-corrected chi connectivity index (χ2v) is 9.07. The van der Waals surface area contributed by atoms with Crippen LogP contribution in [-0.4, -0.2) is 9.55 Å². The lowest BCUT2D eigenvalue weighted by molar-refractivity contribution is 0.437. The summed E-state index contributed by atoms with van der Waals surface area (Å²) < 4.78 is 1.87. The quantitative estimate of drug-likeness (QED) is 0.300. The molecule has 4 heteroatoms. The number of aromatic nitrogens is 2. The molecule has 3 aromatic carbocycles. The molecule has 37 heavy (non-hydrogen) atoms. The van der Waals surface area contributed by atoms with Crippen molar-refractivity contribution in [2.24, 2.45) is 5.92 Å². The van der Waals surface area contributed by atoms with E-state index in [1.165, 1.54) is 0 Å². The summed E-state index contributed by atoms with van der Waals surface area (Å²) in [6, 6.07) is 30.2. The van der Waals surface area contributed by atoms with Crippen molar-refractivity contribution in [1.82, 2.24) is 9.55 Å². The second kappa shape index (κ2) is 12.8. The number of fused-ring (bicyclic) bond motifs is 1. The summed E-state index contributed by atoms with van der Waals surface area (Å²) in [7, 11) is 0. The molecule has 0 bridgehead atoms. The lowest BCUT2D eigenvalue weighted by Gasteiger charge is -2.28. The maximum Gasteiger partial charge on any atom is 0.257 e. The van der Waals surface area contributed by atoms with E-state index in [9.17, 15) is 10.1 Å². The Hall–Kier alpha value is -3.97. The van der Waals surface area contributed by atoms with Crippen molar-refractivity contribution in [2.45, 2.75) is 59.9 Å². The Bertz CT molecular complexity index is 1360. The Morgan fingerprint density at radius 2 is 1.51 bits per heavy atom. The van der Waals surface area contributed by atoms with Crippen molar-refractivity contribution in [3.63, 3.8) is 0 Å². The smallest absolute Gasteiger partial charge is 0.257 e. The fourth-order valence-corrected chi connectivity index (χ4v) is 5.23. The Labute approximate surface area is 221 Å². The molecule has 1 atom stereocenters. The van der Waals surface area contributed by atoms with Crippen LogP contribution in [0.3, 0.4) is 0 Å². The van der Waals surface area contributed by atoms with Crippen LogP contribution in [0.25, 0.3) is 0 Å². The largest absolute Gasteiger partial charge is 0.285 e. The van der Waals surface area contributed by atoms with Gasteiger partial charge in [-0.05, 0) is 61.3 Å². The van der Waals surface area contributed by atoms with E-state index in [1.54, 1.807) is 0 Å². The number of hydrogen-bond acceptors (Lipinski definition) is 3. The molecule has 1 heterocycles. The summed E-state index contributed by atoms with van der Waals surface area (Å²) in [6.45, 7) is 5.94. The zero-order valence-electron chi connectivity index (χ0n) is 21.3. The Balaban J connectivity index is 0.00000124. The van der Waals surface area contributed by atoms with Gasteiger partial charge in [0.1, 0.15) is 5.82 Å². The molecule has 5 rings (SSSR count). The van der Waals surface area contributed by atoms with Crippen molar-refractivity contribution in [1.29, 1.82) is 5.26 Å². The zero-order chi connectivity index (χ0) is 25.5. The maximum absolute atomic E-state index is 14.0. The van der Waals surface area contributed by atoms with Gasteiger partial charge < -0.3 is 0 Å². The summed E-state index contributed by atoms with van der Waals surface area (Å²) >= 11 is 0. The number of nitriles is 1. The van der Waals surface area contributed by atoms with Crippen LogP contribution in [-0.2, 0) is 19.3 Å². The van der Waals surface area contributed by atoms with Gasteiger partial charge in [0.05, 0.1) is 23.4 Å². The minimum absolute atomic E-state index is 0. The molecule has 0 radical (unpaired) electrons. The van der Waals surface area contributed by atoms with E-state index in [-0.39, 0.29) is 19.0 Å². The first kappa shape index (κ1) is 27.6. The second-order valence-electron chi connectivity index (χ2n) is 9.07. The van der Waals surface area contributed by atoms with Crippen LogP contribution >= 0.6 is 0 Å². The van der Waals surface area contributed by atoms with Crippen molar-refractivity contribution in [3.8, 4) is 6.07 Å². The Morgan fingerprint density at radius 3 is 2.11 bits per heavy atom. The summed E-state index contributed by atoms with van der Waals surface area (Å²) in [6.07, 6.45) is 3.27. The minimum Gasteiger partial charge on any atom is -0.285 e. The number of hydrogen-bond donors (Lipinski definition) is 0. The topological polar surface area (TPSA) is 58.7 Å². The molecule has 1 aromatic heterocycles. The maximum atomic E-state index is 14.0. The van der Waals surface area contributed by atoms with E-state index >= 15 is 0 Å². The van der Waals surface area contributed by atoms with E-state index < -0.39 is 0 Å². The van der Waals surface area contributed by atoms with Gasteiger partial charge in [0, 0.05) is 5.56 Å². The van der Waals surface area contributed by atoms with Crippen molar-refractivity contribution < 1.29 is 0 Å². The molecular formula is C33H37N3O. The van der Waals surface area contributed by atoms with E-state index in [0.717, 1.165) is 58.6 Å². The van der Waals surface area contributed by atoms with Gasteiger partial charge in [0.25, 0.3) is 5.56 Å². The Kier molecular flexibility index (Phi) is 9.57. The van der Waals surface area contributed by atoms with Gasteiger partial charge >= 0.3 is 0 Å². The average molecular weight is 492 g/mol. The molecule has 0 saturated carbocycles. The first-order valence-electron chi connectivity index (χ1n) is 12.8. The predicted octanol–water partition coefficient (Wildman–Crippen LogP) is 7.07. The lowest BCUT2D eigenvalue weighted by atomic mass is 9.82. The molecule has 0 aliphatic heterocycles. The molecule has 4 nitrogen and oxygen atoms in total. The first-order valence-corrected chi connectivity index (χ1v) is 12.8. The van der Waals surface area contributed by atoms with Crippen LogP contribution in [0, 0.1) is 24.2 Å². The van der Waals surface area contributed by atoms with Crippen LogP contribution < -0.4 is 5.56 Å². The normalized spacial score (nSPS) is 14.0. The summed E-state index contributed by atoms with van der Waals surface area (Å²) in [5, 5.41) is 9.48. The van der Waals surface area contributed by atoms with Gasteiger partial charge in [0.15, 0.2) is 0 Å². The highest BCUT2D eigenvalue weighted by Gasteiger charge is 2.28. The highest BCUT2D eigenvalue weighted by Crippen LogP contribution is 2.30. The van der Waals surface area contributed by atoms with Gasteiger partial charge in [-0.15, -0.1) is 0 Å². The molecule has 1 unspecified atom stereocenters. The van der Waals surface area contributed by atoms with Crippen LogP contribution in [0.1, 0.15) is 73.1 Å². The molecule has 0 amide bonds. The number of rotatable bonds is 5. The number of aryl methyl sites for hydroxylation is 2. The van der Waals surface area contributed by atoms with Crippen molar-refractivity contribution in [2.75, 3.05) is 0 Å². The molecule has 0 spiro atoms. The van der Waals surface area contributed by atoms with Crippen LogP contribution in [0.2, 0.25) is 0 Å². The van der Waals surface area contributed by atoms with Crippen molar-refractivity contribution >= 4 is 0 Å². The highest BCUT2D eigenvalue weighted by atomic mass is 16.1. The van der Waals surface area contributed by atoms with Crippen LogP contribution in [0.4, 0.5) is 0 Å². The summed E-state index contributed by atoms with van der Waals surface area (Å²) in [5.74, 6) is 1.06. The third-order valence-corrected chi connectivity index (χ3v) is 6.89. The molecule has 4 aromatic rings. The summed E-state index contributed by atoms with van der Waals surface area (Å²) in [5.41, 5.74) is 5.73. The highest BCUT2D eigenvalue weighted by molar-refractivity contribution is 5.38. The molecule has 0 saturated heterocycles. The molecule has 190 valence electrons. The standard InChI is InChI=1S/C30H27N3O.C2H6.CH4/c1-21-32-28-17-16-22(18-25-14-8-9-15-26(25)20-31)19-27(28)30(34)33(21)29(23-10-4-2-5-11-23)24-12-6-3-7-13-24;1-2;/h2-15,22,29H,16-19H2,1H3;1-2H3;1H4. The molecule has 0 fully saturated rings. The lowest BCUT2D eigenvalue weighted by Crippen LogP contribution is -2.36. The van der Waals surface area contributed by atoms with Crippen LogP contribution in [0.15, 0.2) is 89.7 Å². The molecule has 1 aliphatic carbocycles. The van der Waals surface area contributed by atoms with Gasteiger partial charge in [-0.2, -0.15) is 5.26 Å². The SMILES string of the molecule is C.CC.Cc1nc2c(c(=O)n1C(c1ccccc1)c1ccccc1)CC(Cc1ccccc1C#N)CC2. The predicted molar refractivity (Wildman–Crippen MR) is 152 cm³/mol. The third-order valence-electron chi connectivity index (χ3n) is 6.89. The number of benzene rings is 3. The monoisotopic (exact) mass is 491 g/mol.